The Kier molecular flexibility index (Phi) is 10.7. The number of aliphatic imine (C=N–C) groups is 1. The molecule has 2 fully saturated rings. The minimum atomic E-state index is -0.217. The van der Waals surface area contributed by atoms with Gasteiger partial charge in [0.05, 0.1) is 0 Å². The number of nitrogens with one attached hydrogen (secondary N) is 1. The van der Waals surface area contributed by atoms with E-state index in [0.717, 1.165) is 71.0 Å². The second-order valence-corrected chi connectivity index (χ2v) is 7.56. The summed E-state index contributed by atoms with van der Waals surface area (Å²) in [6, 6.07) is 10.5. The van der Waals surface area contributed by atoms with Crippen LogP contribution in [0.1, 0.15) is 26.2 Å². The lowest BCUT2D eigenvalue weighted by Crippen LogP contribution is -2.55. The quantitative estimate of drug-likeness (QED) is 0.255. The maximum atomic E-state index is 12.5. The van der Waals surface area contributed by atoms with Gasteiger partial charge in [0, 0.05) is 65.2 Å². The molecule has 2 saturated heterocycles. The number of amides is 1. The fourth-order valence-electron chi connectivity index (χ4n) is 4.03. The average molecular weight is 529 g/mol. The first-order chi connectivity index (χ1) is 14.2. The van der Waals surface area contributed by atoms with Crippen LogP contribution in [0.5, 0.6) is 0 Å². The molecule has 1 atom stereocenters. The molecule has 8 heteroatoms. The number of guanidine groups is 1. The number of halogens is 1. The van der Waals surface area contributed by atoms with Crippen LogP contribution in [-0.2, 0) is 9.53 Å². The van der Waals surface area contributed by atoms with Crippen molar-refractivity contribution >= 4 is 41.5 Å². The Labute approximate surface area is 197 Å². The van der Waals surface area contributed by atoms with Gasteiger partial charge >= 0.3 is 0 Å². The lowest BCUT2D eigenvalue weighted by molar-refractivity contribution is -0.142. The van der Waals surface area contributed by atoms with Crippen LogP contribution in [0.4, 0.5) is 5.69 Å². The first-order valence-electron chi connectivity index (χ1n) is 10.9. The third-order valence-corrected chi connectivity index (χ3v) is 5.70. The molecule has 0 spiro atoms. The van der Waals surface area contributed by atoms with E-state index in [2.05, 4.69) is 57.4 Å². The molecule has 3 rings (SSSR count). The monoisotopic (exact) mass is 529 g/mol. The smallest absolute Gasteiger partial charge is 0.251 e. The van der Waals surface area contributed by atoms with Crippen molar-refractivity contribution in [3.63, 3.8) is 0 Å². The first-order valence-corrected chi connectivity index (χ1v) is 10.9. The summed E-state index contributed by atoms with van der Waals surface area (Å²) in [7, 11) is 1.83. The molecule has 0 aromatic heterocycles. The zero-order valence-corrected chi connectivity index (χ0v) is 20.6. The summed E-state index contributed by atoms with van der Waals surface area (Å²) in [5, 5.41) is 3.49. The zero-order chi connectivity index (χ0) is 20.5. The van der Waals surface area contributed by atoms with Crippen molar-refractivity contribution in [1.29, 1.82) is 0 Å². The fourth-order valence-corrected chi connectivity index (χ4v) is 4.03. The van der Waals surface area contributed by atoms with Crippen LogP contribution in [-0.4, -0.2) is 87.2 Å². The summed E-state index contributed by atoms with van der Waals surface area (Å²) in [5.74, 6) is 1.09. The van der Waals surface area contributed by atoms with Crippen molar-refractivity contribution in [2.24, 2.45) is 4.99 Å². The highest BCUT2D eigenvalue weighted by atomic mass is 127. The van der Waals surface area contributed by atoms with Gasteiger partial charge in [0.2, 0.25) is 0 Å². The summed E-state index contributed by atoms with van der Waals surface area (Å²) < 4.78 is 5.54. The molecular formula is C22H36IN5O2. The topological polar surface area (TPSA) is 60.4 Å². The van der Waals surface area contributed by atoms with Gasteiger partial charge in [-0.3, -0.25) is 9.79 Å². The molecule has 1 unspecified atom stereocenters. The Morgan fingerprint density at radius 3 is 2.50 bits per heavy atom. The number of hydrogen-bond donors (Lipinski definition) is 1. The Bertz CT molecular complexity index is 659. The van der Waals surface area contributed by atoms with E-state index in [0.29, 0.717) is 6.61 Å². The van der Waals surface area contributed by atoms with E-state index in [1.165, 1.54) is 5.69 Å². The number of anilines is 1. The molecule has 1 amide bonds. The molecule has 0 saturated carbocycles. The van der Waals surface area contributed by atoms with Crippen LogP contribution in [0.3, 0.4) is 0 Å². The largest absolute Gasteiger partial charge is 0.372 e. The van der Waals surface area contributed by atoms with Gasteiger partial charge in [0.25, 0.3) is 5.91 Å². The van der Waals surface area contributed by atoms with Gasteiger partial charge in [-0.1, -0.05) is 18.2 Å². The van der Waals surface area contributed by atoms with Crippen LogP contribution in [0, 0.1) is 0 Å². The van der Waals surface area contributed by atoms with Crippen molar-refractivity contribution in [2.75, 3.05) is 64.4 Å². The van der Waals surface area contributed by atoms with Gasteiger partial charge in [0.15, 0.2) is 5.96 Å². The Morgan fingerprint density at radius 1 is 1.20 bits per heavy atom. The van der Waals surface area contributed by atoms with Crippen LogP contribution < -0.4 is 10.2 Å². The number of rotatable bonds is 7. The van der Waals surface area contributed by atoms with E-state index in [9.17, 15) is 4.79 Å². The molecule has 0 bridgehead atoms. The van der Waals surface area contributed by atoms with E-state index in [1.807, 2.05) is 11.9 Å². The van der Waals surface area contributed by atoms with Crippen molar-refractivity contribution in [3.05, 3.63) is 30.3 Å². The molecule has 2 heterocycles. The van der Waals surface area contributed by atoms with Crippen molar-refractivity contribution in [3.8, 4) is 0 Å². The lowest BCUT2D eigenvalue weighted by atomic mass is 10.2. The van der Waals surface area contributed by atoms with Crippen LogP contribution >= 0.6 is 24.0 Å². The van der Waals surface area contributed by atoms with Gasteiger partial charge in [-0.25, -0.2) is 0 Å². The molecule has 1 aromatic rings. The molecule has 1 N–H and O–H groups in total. The van der Waals surface area contributed by atoms with Crippen LogP contribution in [0.15, 0.2) is 35.3 Å². The number of para-hydroxylation sites is 1. The van der Waals surface area contributed by atoms with E-state index in [-0.39, 0.29) is 36.0 Å². The van der Waals surface area contributed by atoms with E-state index < -0.39 is 0 Å². The van der Waals surface area contributed by atoms with Crippen LogP contribution in [0.25, 0.3) is 0 Å². The predicted molar refractivity (Wildman–Crippen MR) is 133 cm³/mol. The number of hydrogen-bond acceptors (Lipinski definition) is 4. The highest BCUT2D eigenvalue weighted by Crippen LogP contribution is 2.16. The van der Waals surface area contributed by atoms with E-state index >= 15 is 0 Å². The molecular weight excluding hydrogens is 493 g/mol. The number of carbonyl (C=O) groups excluding carboxylic acids is 1. The Balaban J connectivity index is 0.00000320. The molecule has 0 aliphatic carbocycles. The molecule has 1 aromatic carbocycles. The van der Waals surface area contributed by atoms with Gasteiger partial charge in [-0.2, -0.15) is 0 Å². The van der Waals surface area contributed by atoms with Crippen molar-refractivity contribution in [2.45, 2.75) is 32.3 Å². The molecule has 30 heavy (non-hydrogen) atoms. The van der Waals surface area contributed by atoms with Crippen molar-refractivity contribution in [1.82, 2.24) is 15.1 Å². The molecule has 168 valence electrons. The standard InChI is InChI=1S/C22H35N5O2.HI/c1-3-25(19-9-5-4-6-10-19)13-8-12-24-22(23-2)27-16-14-26(15-17-27)21(28)20-11-7-18-29-20;/h4-6,9-10,20H,3,7-8,11-18H2,1-2H3,(H,23,24);1H. The summed E-state index contributed by atoms with van der Waals surface area (Å²) >= 11 is 0. The van der Waals surface area contributed by atoms with E-state index in [4.69, 9.17) is 4.74 Å². The molecule has 7 nitrogen and oxygen atoms in total. The maximum Gasteiger partial charge on any atom is 0.251 e. The van der Waals surface area contributed by atoms with Gasteiger partial charge in [-0.15, -0.1) is 24.0 Å². The number of piperazine rings is 1. The molecule has 2 aliphatic heterocycles. The lowest BCUT2D eigenvalue weighted by Gasteiger charge is -2.37. The second kappa shape index (κ2) is 13.0. The Hall–Kier alpha value is -1.55. The number of ether oxygens (including phenoxy) is 1. The Morgan fingerprint density at radius 2 is 1.90 bits per heavy atom. The summed E-state index contributed by atoms with van der Waals surface area (Å²) in [4.78, 5) is 23.5. The third-order valence-electron chi connectivity index (χ3n) is 5.70. The third kappa shape index (κ3) is 6.73. The second-order valence-electron chi connectivity index (χ2n) is 7.56. The van der Waals surface area contributed by atoms with Gasteiger partial charge in [0.1, 0.15) is 6.10 Å². The predicted octanol–water partition coefficient (Wildman–Crippen LogP) is 2.42. The fraction of sp³-hybridized carbons (Fsp3) is 0.636. The van der Waals surface area contributed by atoms with E-state index in [1.54, 1.807) is 0 Å². The van der Waals surface area contributed by atoms with Crippen LogP contribution in [0.2, 0.25) is 0 Å². The summed E-state index contributed by atoms with van der Waals surface area (Å²) in [6.45, 7) is 8.88. The number of nitrogens with zero attached hydrogens (tertiary/aromatic N) is 4. The summed E-state index contributed by atoms with van der Waals surface area (Å²) in [5.41, 5.74) is 1.27. The normalized spacial score (nSPS) is 19.4. The molecule has 2 aliphatic rings. The SMILES string of the molecule is CCN(CCCNC(=NC)N1CCN(C(=O)C2CCCO2)CC1)c1ccccc1.I. The number of carbonyl (C=O) groups is 1. The first kappa shape index (κ1) is 24.7. The zero-order valence-electron chi connectivity index (χ0n) is 18.3. The van der Waals surface area contributed by atoms with Gasteiger partial charge < -0.3 is 24.8 Å². The minimum absolute atomic E-state index is 0. The molecule has 0 radical (unpaired) electrons. The number of benzene rings is 1. The highest BCUT2D eigenvalue weighted by Gasteiger charge is 2.30. The minimum Gasteiger partial charge on any atom is -0.372 e. The average Bonchev–Trinajstić information content (AvgIpc) is 3.32. The van der Waals surface area contributed by atoms with Gasteiger partial charge in [-0.05, 0) is 38.3 Å². The summed E-state index contributed by atoms with van der Waals surface area (Å²) in [6.07, 6.45) is 2.68. The maximum absolute atomic E-state index is 12.5. The highest BCUT2D eigenvalue weighted by molar-refractivity contribution is 14.0. The van der Waals surface area contributed by atoms with Crippen molar-refractivity contribution < 1.29 is 9.53 Å².